The topological polar surface area (TPSA) is 32.3 Å². The normalized spacial score (nSPS) is 12.5. The van der Waals surface area contributed by atoms with Crippen LogP contribution in [0, 0.1) is 6.92 Å². The predicted molar refractivity (Wildman–Crippen MR) is 123 cm³/mol. The molecule has 0 radical (unpaired) electrons. The molecule has 1 heterocycles. The molecule has 0 saturated carbocycles. The molecule has 3 nitrogen and oxygen atoms in total. The Morgan fingerprint density at radius 2 is 1.55 bits per heavy atom. The molecule has 4 rings (SSSR count). The van der Waals surface area contributed by atoms with Crippen LogP contribution in [0.5, 0.6) is 0 Å². The highest BCUT2D eigenvalue weighted by molar-refractivity contribution is 7.99. The zero-order valence-corrected chi connectivity index (χ0v) is 17.9. The summed E-state index contributed by atoms with van der Waals surface area (Å²) in [6, 6.07) is 23.0. The van der Waals surface area contributed by atoms with Crippen molar-refractivity contribution < 1.29 is 4.79 Å². The van der Waals surface area contributed by atoms with Crippen LogP contribution in [0.3, 0.4) is 0 Å². The van der Waals surface area contributed by atoms with Gasteiger partial charge in [-0.2, -0.15) is 0 Å². The fourth-order valence-corrected chi connectivity index (χ4v) is 4.88. The van der Waals surface area contributed by atoms with Gasteiger partial charge in [0, 0.05) is 28.4 Å². The first-order valence-corrected chi connectivity index (χ1v) is 10.9. The van der Waals surface area contributed by atoms with Crippen molar-refractivity contribution in [1.82, 2.24) is 0 Å². The van der Waals surface area contributed by atoms with Gasteiger partial charge < -0.3 is 10.2 Å². The summed E-state index contributed by atoms with van der Waals surface area (Å²) in [6.45, 7) is 7.01. The maximum atomic E-state index is 12.9. The third-order valence-electron chi connectivity index (χ3n) is 5.29. The van der Waals surface area contributed by atoms with Gasteiger partial charge in [-0.05, 0) is 48.2 Å². The summed E-state index contributed by atoms with van der Waals surface area (Å²) in [5.74, 6) is 0.414. The monoisotopic (exact) mass is 402 g/mol. The Morgan fingerprint density at radius 3 is 2.17 bits per heavy atom. The van der Waals surface area contributed by atoms with E-state index < -0.39 is 0 Å². The highest BCUT2D eigenvalue weighted by Crippen LogP contribution is 2.47. The van der Waals surface area contributed by atoms with Gasteiger partial charge in [-0.25, -0.2) is 0 Å². The van der Waals surface area contributed by atoms with E-state index in [1.807, 2.05) is 0 Å². The van der Waals surface area contributed by atoms with E-state index in [1.54, 1.807) is 11.8 Å². The number of hydrogen-bond donors (Lipinski definition) is 1. The maximum Gasteiger partial charge on any atom is 0.226 e. The van der Waals surface area contributed by atoms with Crippen molar-refractivity contribution in [2.75, 3.05) is 16.8 Å². The van der Waals surface area contributed by atoms with Crippen molar-refractivity contribution in [1.29, 1.82) is 0 Å². The summed E-state index contributed by atoms with van der Waals surface area (Å²) in [6.07, 6.45) is 0.430. The molecule has 1 aliphatic rings. The van der Waals surface area contributed by atoms with Crippen LogP contribution in [0.25, 0.3) is 0 Å². The number of nitrogens with one attached hydrogen (secondary N) is 1. The van der Waals surface area contributed by atoms with Crippen LogP contribution in [0.1, 0.15) is 37.3 Å². The van der Waals surface area contributed by atoms with Gasteiger partial charge >= 0.3 is 0 Å². The zero-order valence-electron chi connectivity index (χ0n) is 17.1. The molecule has 29 heavy (non-hydrogen) atoms. The number of rotatable bonds is 5. The number of aryl methyl sites for hydroxylation is 1. The third-order valence-corrected chi connectivity index (χ3v) is 6.42. The molecule has 0 unspecified atom stereocenters. The number of benzene rings is 3. The second kappa shape index (κ2) is 8.34. The Kier molecular flexibility index (Phi) is 5.63. The quantitative estimate of drug-likeness (QED) is 0.512. The third kappa shape index (κ3) is 4.03. The summed E-state index contributed by atoms with van der Waals surface area (Å²) < 4.78 is 0. The van der Waals surface area contributed by atoms with E-state index in [4.69, 9.17) is 0 Å². The molecule has 1 N–H and O–H groups in total. The molecule has 0 atom stereocenters. The molecule has 0 saturated heterocycles. The van der Waals surface area contributed by atoms with Crippen molar-refractivity contribution >= 4 is 34.7 Å². The first-order chi connectivity index (χ1) is 14.0. The van der Waals surface area contributed by atoms with E-state index >= 15 is 0 Å². The van der Waals surface area contributed by atoms with Crippen LogP contribution in [-0.2, 0) is 4.79 Å². The summed E-state index contributed by atoms with van der Waals surface area (Å²) in [7, 11) is 0. The van der Waals surface area contributed by atoms with Crippen molar-refractivity contribution in [3.05, 3.63) is 77.9 Å². The number of carbonyl (C=O) groups excluding carboxylic acids is 1. The average molecular weight is 403 g/mol. The van der Waals surface area contributed by atoms with Crippen molar-refractivity contribution in [3.63, 3.8) is 0 Å². The fourth-order valence-electron chi connectivity index (χ4n) is 3.78. The second-order valence-corrected chi connectivity index (χ2v) is 8.76. The number of anilines is 3. The highest BCUT2D eigenvalue weighted by atomic mass is 32.2. The molecule has 1 amide bonds. The number of para-hydroxylation sites is 3. The molecule has 3 aromatic rings. The molecule has 1 aliphatic heterocycles. The molecular weight excluding hydrogens is 376 g/mol. The summed E-state index contributed by atoms with van der Waals surface area (Å²) in [4.78, 5) is 17.6. The lowest BCUT2D eigenvalue weighted by Gasteiger charge is -2.32. The van der Waals surface area contributed by atoms with Gasteiger partial charge in [0.15, 0.2) is 0 Å². The molecule has 0 fully saturated rings. The van der Waals surface area contributed by atoms with Gasteiger partial charge in [0.25, 0.3) is 0 Å². The van der Waals surface area contributed by atoms with E-state index in [0.717, 1.165) is 11.3 Å². The zero-order chi connectivity index (χ0) is 20.4. The van der Waals surface area contributed by atoms with E-state index in [2.05, 4.69) is 97.7 Å². The molecule has 4 heteroatoms. The minimum absolute atomic E-state index is 0.0504. The predicted octanol–water partition coefficient (Wildman–Crippen LogP) is 6.75. The van der Waals surface area contributed by atoms with Gasteiger partial charge in [-0.1, -0.05) is 68.1 Å². The number of hydrogen-bond acceptors (Lipinski definition) is 3. The molecular formula is C25H26N2OS. The summed E-state index contributed by atoms with van der Waals surface area (Å²) in [5, 5.41) is 3.18. The molecule has 3 aromatic carbocycles. The van der Waals surface area contributed by atoms with Crippen LogP contribution in [0.2, 0.25) is 0 Å². The minimum atomic E-state index is 0.0504. The van der Waals surface area contributed by atoms with Gasteiger partial charge in [-0.3, -0.25) is 4.79 Å². The lowest BCUT2D eigenvalue weighted by Crippen LogP contribution is -2.26. The van der Waals surface area contributed by atoms with E-state index in [-0.39, 0.29) is 5.91 Å². The van der Waals surface area contributed by atoms with Crippen LogP contribution < -0.4 is 10.2 Å². The van der Waals surface area contributed by atoms with Crippen LogP contribution in [0.15, 0.2) is 76.5 Å². The Balaban J connectivity index is 1.54. The Morgan fingerprint density at radius 1 is 0.931 bits per heavy atom. The number of fused-ring (bicyclic) bond motifs is 2. The van der Waals surface area contributed by atoms with Crippen LogP contribution in [-0.4, -0.2) is 12.5 Å². The molecule has 0 aliphatic carbocycles. The van der Waals surface area contributed by atoms with Gasteiger partial charge in [0.2, 0.25) is 5.91 Å². The van der Waals surface area contributed by atoms with Crippen molar-refractivity contribution in [2.24, 2.45) is 0 Å². The van der Waals surface area contributed by atoms with Crippen LogP contribution >= 0.6 is 11.8 Å². The Bertz CT molecular complexity index is 999. The molecule has 0 bridgehead atoms. The van der Waals surface area contributed by atoms with E-state index in [1.165, 1.54) is 26.7 Å². The first-order valence-electron chi connectivity index (χ1n) is 10.1. The Labute approximate surface area is 177 Å². The van der Waals surface area contributed by atoms with Gasteiger partial charge in [0.05, 0.1) is 11.4 Å². The van der Waals surface area contributed by atoms with E-state index in [0.29, 0.717) is 18.9 Å². The molecule has 148 valence electrons. The first kappa shape index (κ1) is 19.6. The number of nitrogens with zero attached hydrogens (tertiary/aromatic N) is 1. The molecule has 0 aromatic heterocycles. The largest absolute Gasteiger partial charge is 0.339 e. The van der Waals surface area contributed by atoms with Gasteiger partial charge in [0.1, 0.15) is 0 Å². The Hall–Kier alpha value is -2.72. The summed E-state index contributed by atoms with van der Waals surface area (Å²) in [5.41, 5.74) is 5.59. The van der Waals surface area contributed by atoms with Crippen LogP contribution in [0.4, 0.5) is 17.1 Å². The maximum absolute atomic E-state index is 12.9. The standard InChI is InChI=1S/C25H26N2OS/c1-17(2)19-10-8-9-18(3)25(19)26-24(28)15-16-27-20-11-4-6-13-22(20)29-23-14-7-5-12-21(23)27/h4-14,17H,15-16H2,1-3H3,(H,26,28). The van der Waals surface area contributed by atoms with E-state index in [9.17, 15) is 4.79 Å². The SMILES string of the molecule is Cc1cccc(C(C)C)c1NC(=O)CCN1c2ccccc2Sc2ccccc21. The van der Waals surface area contributed by atoms with Crippen molar-refractivity contribution in [3.8, 4) is 0 Å². The smallest absolute Gasteiger partial charge is 0.226 e. The average Bonchev–Trinajstić information content (AvgIpc) is 2.72. The highest BCUT2D eigenvalue weighted by Gasteiger charge is 2.23. The number of amides is 1. The second-order valence-electron chi connectivity index (χ2n) is 7.68. The lowest BCUT2D eigenvalue weighted by atomic mass is 9.98. The molecule has 0 spiro atoms. The van der Waals surface area contributed by atoms with Gasteiger partial charge in [-0.15, -0.1) is 0 Å². The number of carbonyl (C=O) groups is 1. The van der Waals surface area contributed by atoms with Crippen molar-refractivity contribution in [2.45, 2.75) is 42.9 Å². The minimum Gasteiger partial charge on any atom is -0.339 e. The summed E-state index contributed by atoms with van der Waals surface area (Å²) >= 11 is 1.79. The lowest BCUT2D eigenvalue weighted by molar-refractivity contribution is -0.116. The fraction of sp³-hybridized carbons (Fsp3) is 0.240.